The molecule has 0 aromatic heterocycles. The number of benzene rings is 1. The standard InChI is InChI=1S/C24H37N3O4/c1-15-11-16(2)13-17(12-15)20(21(29)26-23(3,4)5)27(18-9-10-18)19(28)14-25-22(30)31-24(6,7)8/h11-13,18,20H,9-10,14H2,1-8H3,(H,25,30)(H,26,29). The second kappa shape index (κ2) is 9.28. The van der Waals surface area contributed by atoms with Gasteiger partial charge in [0, 0.05) is 11.6 Å². The van der Waals surface area contributed by atoms with E-state index in [0.29, 0.717) is 0 Å². The second-order valence-corrected chi connectivity index (χ2v) is 10.5. The zero-order valence-electron chi connectivity index (χ0n) is 20.1. The highest BCUT2D eigenvalue weighted by molar-refractivity contribution is 5.91. The summed E-state index contributed by atoms with van der Waals surface area (Å²) < 4.78 is 5.23. The average molecular weight is 432 g/mol. The zero-order chi connectivity index (χ0) is 23.6. The van der Waals surface area contributed by atoms with E-state index in [0.717, 1.165) is 29.5 Å². The maximum Gasteiger partial charge on any atom is 0.408 e. The molecule has 31 heavy (non-hydrogen) atoms. The van der Waals surface area contributed by atoms with Gasteiger partial charge in [0.1, 0.15) is 18.2 Å². The Hall–Kier alpha value is -2.57. The van der Waals surface area contributed by atoms with Crippen LogP contribution < -0.4 is 10.6 Å². The Kier molecular flexibility index (Phi) is 7.40. The molecule has 0 radical (unpaired) electrons. The number of carbonyl (C=O) groups excluding carboxylic acids is 3. The summed E-state index contributed by atoms with van der Waals surface area (Å²) in [7, 11) is 0. The predicted octanol–water partition coefficient (Wildman–Crippen LogP) is 3.77. The lowest BCUT2D eigenvalue weighted by Gasteiger charge is -2.34. The topological polar surface area (TPSA) is 87.7 Å². The van der Waals surface area contributed by atoms with Gasteiger partial charge in [-0.1, -0.05) is 29.3 Å². The summed E-state index contributed by atoms with van der Waals surface area (Å²) in [4.78, 5) is 40.3. The average Bonchev–Trinajstić information content (AvgIpc) is 3.37. The van der Waals surface area contributed by atoms with E-state index in [1.165, 1.54) is 0 Å². The molecule has 2 N–H and O–H groups in total. The van der Waals surface area contributed by atoms with Crippen molar-refractivity contribution in [3.05, 3.63) is 34.9 Å². The Bertz CT molecular complexity index is 812. The Balaban J connectivity index is 2.32. The highest BCUT2D eigenvalue weighted by atomic mass is 16.6. The van der Waals surface area contributed by atoms with E-state index in [4.69, 9.17) is 4.74 Å². The van der Waals surface area contributed by atoms with Crippen molar-refractivity contribution in [3.8, 4) is 0 Å². The van der Waals surface area contributed by atoms with Crippen LogP contribution in [0.1, 0.15) is 77.1 Å². The Labute approximate surface area is 185 Å². The smallest absolute Gasteiger partial charge is 0.408 e. The molecule has 1 aliphatic rings. The molecule has 7 nitrogen and oxygen atoms in total. The van der Waals surface area contributed by atoms with Crippen molar-refractivity contribution in [1.82, 2.24) is 15.5 Å². The van der Waals surface area contributed by atoms with Crippen molar-refractivity contribution in [2.75, 3.05) is 6.54 Å². The number of rotatable bonds is 6. The summed E-state index contributed by atoms with van der Waals surface area (Å²) in [5.41, 5.74) is 1.73. The number of amides is 3. The first kappa shape index (κ1) is 24.7. The minimum absolute atomic E-state index is 0.0236. The highest BCUT2D eigenvalue weighted by Crippen LogP contribution is 2.35. The molecule has 3 amide bonds. The molecule has 1 aromatic carbocycles. The molecular weight excluding hydrogens is 394 g/mol. The lowest BCUT2D eigenvalue weighted by Crippen LogP contribution is -2.52. The van der Waals surface area contributed by atoms with Crippen LogP contribution in [0, 0.1) is 13.8 Å². The summed E-state index contributed by atoms with van der Waals surface area (Å²) in [6.07, 6.45) is 1.02. The van der Waals surface area contributed by atoms with Crippen LogP contribution in [0.2, 0.25) is 0 Å². The van der Waals surface area contributed by atoms with Crippen LogP contribution in [0.25, 0.3) is 0 Å². The lowest BCUT2D eigenvalue weighted by molar-refractivity contribution is -0.141. The number of hydrogen-bond acceptors (Lipinski definition) is 4. The quantitative estimate of drug-likeness (QED) is 0.718. The number of nitrogens with one attached hydrogen (secondary N) is 2. The van der Waals surface area contributed by atoms with Gasteiger partial charge < -0.3 is 20.3 Å². The molecule has 1 fully saturated rings. The van der Waals surface area contributed by atoms with Gasteiger partial charge in [-0.2, -0.15) is 0 Å². The van der Waals surface area contributed by atoms with E-state index in [2.05, 4.69) is 10.6 Å². The number of carbonyl (C=O) groups is 3. The predicted molar refractivity (Wildman–Crippen MR) is 121 cm³/mol. The molecule has 0 aliphatic heterocycles. The van der Waals surface area contributed by atoms with Gasteiger partial charge in [0.05, 0.1) is 0 Å². The van der Waals surface area contributed by atoms with Gasteiger partial charge in [0.25, 0.3) is 0 Å². The van der Waals surface area contributed by atoms with E-state index in [-0.39, 0.29) is 24.4 Å². The van der Waals surface area contributed by atoms with Gasteiger partial charge in [-0.15, -0.1) is 0 Å². The van der Waals surface area contributed by atoms with Crippen LogP contribution in [0.5, 0.6) is 0 Å². The van der Waals surface area contributed by atoms with Gasteiger partial charge in [-0.25, -0.2) is 4.79 Å². The number of aryl methyl sites for hydroxylation is 2. The molecule has 1 unspecified atom stereocenters. The van der Waals surface area contributed by atoms with Crippen molar-refractivity contribution in [3.63, 3.8) is 0 Å². The normalized spacial score (nSPS) is 15.1. The molecule has 0 saturated heterocycles. The molecule has 0 spiro atoms. The monoisotopic (exact) mass is 431 g/mol. The van der Waals surface area contributed by atoms with E-state index >= 15 is 0 Å². The van der Waals surface area contributed by atoms with Gasteiger partial charge in [0.15, 0.2) is 0 Å². The van der Waals surface area contributed by atoms with E-state index < -0.39 is 23.3 Å². The van der Waals surface area contributed by atoms with E-state index in [9.17, 15) is 14.4 Å². The minimum Gasteiger partial charge on any atom is -0.444 e. The van der Waals surface area contributed by atoms with Crippen molar-refractivity contribution < 1.29 is 19.1 Å². The number of hydrogen-bond donors (Lipinski definition) is 2. The molecule has 1 aliphatic carbocycles. The van der Waals surface area contributed by atoms with E-state index in [1.807, 2.05) is 52.8 Å². The highest BCUT2D eigenvalue weighted by Gasteiger charge is 2.42. The molecule has 2 rings (SSSR count). The number of ether oxygens (including phenoxy) is 1. The molecule has 1 atom stereocenters. The Morgan fingerprint density at radius 1 is 1.03 bits per heavy atom. The van der Waals surface area contributed by atoms with Gasteiger partial charge in [-0.05, 0) is 73.8 Å². The third kappa shape index (κ3) is 7.89. The summed E-state index contributed by atoms with van der Waals surface area (Å²) in [6, 6.07) is 5.14. The third-order valence-corrected chi connectivity index (χ3v) is 4.60. The van der Waals surface area contributed by atoms with Gasteiger partial charge in [-0.3, -0.25) is 9.59 Å². The molecule has 0 heterocycles. The summed E-state index contributed by atoms with van der Waals surface area (Å²) >= 11 is 0. The molecule has 0 bridgehead atoms. The SMILES string of the molecule is Cc1cc(C)cc(C(C(=O)NC(C)(C)C)N(C(=O)CNC(=O)OC(C)(C)C)C2CC2)c1. The lowest BCUT2D eigenvalue weighted by atomic mass is 9.97. The third-order valence-electron chi connectivity index (χ3n) is 4.60. The maximum absolute atomic E-state index is 13.4. The first-order valence-electron chi connectivity index (χ1n) is 10.8. The molecule has 1 saturated carbocycles. The van der Waals surface area contributed by atoms with Gasteiger partial charge >= 0.3 is 6.09 Å². The number of nitrogens with zero attached hydrogens (tertiary/aromatic N) is 1. The summed E-state index contributed by atoms with van der Waals surface area (Å²) in [5, 5.41) is 5.56. The number of alkyl carbamates (subject to hydrolysis) is 1. The maximum atomic E-state index is 13.4. The summed E-state index contributed by atoms with van der Waals surface area (Å²) in [5.74, 6) is -0.531. The van der Waals surface area contributed by atoms with Crippen molar-refractivity contribution >= 4 is 17.9 Å². The molecule has 172 valence electrons. The van der Waals surface area contributed by atoms with Crippen LogP contribution >= 0.6 is 0 Å². The fourth-order valence-corrected chi connectivity index (χ4v) is 3.51. The van der Waals surface area contributed by atoms with Crippen LogP contribution in [-0.4, -0.2) is 46.5 Å². The van der Waals surface area contributed by atoms with Gasteiger partial charge in [0.2, 0.25) is 11.8 Å². The minimum atomic E-state index is -0.765. The second-order valence-electron chi connectivity index (χ2n) is 10.5. The largest absolute Gasteiger partial charge is 0.444 e. The molecule has 7 heteroatoms. The fourth-order valence-electron chi connectivity index (χ4n) is 3.51. The fraction of sp³-hybridized carbons (Fsp3) is 0.625. The van der Waals surface area contributed by atoms with Crippen molar-refractivity contribution in [2.24, 2.45) is 0 Å². The van der Waals surface area contributed by atoms with Crippen LogP contribution in [0.4, 0.5) is 4.79 Å². The van der Waals surface area contributed by atoms with Crippen LogP contribution in [0.3, 0.4) is 0 Å². The first-order chi connectivity index (χ1) is 14.2. The first-order valence-corrected chi connectivity index (χ1v) is 10.8. The Morgan fingerprint density at radius 2 is 1.58 bits per heavy atom. The van der Waals surface area contributed by atoms with Crippen molar-refractivity contribution in [2.45, 2.75) is 91.5 Å². The zero-order valence-corrected chi connectivity index (χ0v) is 20.1. The molecule has 1 aromatic rings. The van der Waals surface area contributed by atoms with Crippen LogP contribution in [0.15, 0.2) is 18.2 Å². The summed E-state index contributed by atoms with van der Waals surface area (Å²) in [6.45, 7) is 14.7. The van der Waals surface area contributed by atoms with E-state index in [1.54, 1.807) is 25.7 Å². The Morgan fingerprint density at radius 3 is 2.03 bits per heavy atom. The van der Waals surface area contributed by atoms with Crippen LogP contribution in [-0.2, 0) is 14.3 Å². The molecular formula is C24H37N3O4. The van der Waals surface area contributed by atoms with Crippen molar-refractivity contribution in [1.29, 1.82) is 0 Å².